The van der Waals surface area contributed by atoms with Crippen LogP contribution in [0.3, 0.4) is 0 Å². The highest BCUT2D eigenvalue weighted by molar-refractivity contribution is 5.91. The Kier molecular flexibility index (Phi) is 3.77. The Morgan fingerprint density at radius 2 is 1.95 bits per heavy atom. The molecule has 1 aliphatic carbocycles. The predicted octanol–water partition coefficient (Wildman–Crippen LogP) is 4.07. The minimum atomic E-state index is -0.183. The van der Waals surface area contributed by atoms with Gasteiger partial charge in [0.05, 0.1) is 5.69 Å². The minimum absolute atomic E-state index is 0.183. The number of amides is 2. The van der Waals surface area contributed by atoms with E-state index in [4.69, 9.17) is 4.74 Å². The molecule has 4 heteroatoms. The molecule has 0 atom stereocenters. The van der Waals surface area contributed by atoms with Crippen LogP contribution in [0.1, 0.15) is 18.4 Å². The number of carbonyl (C=O) groups is 1. The smallest absolute Gasteiger partial charge is 0.319 e. The predicted molar refractivity (Wildman–Crippen MR) is 82.9 cm³/mol. The van der Waals surface area contributed by atoms with Crippen LogP contribution in [0.15, 0.2) is 48.5 Å². The minimum Gasteiger partial charge on any atom is -0.455 e. The summed E-state index contributed by atoms with van der Waals surface area (Å²) in [5.41, 5.74) is 1.79. The van der Waals surface area contributed by atoms with Crippen LogP contribution >= 0.6 is 0 Å². The second-order valence-corrected chi connectivity index (χ2v) is 5.29. The normalized spacial score (nSPS) is 13.6. The Morgan fingerprint density at radius 1 is 1.14 bits per heavy atom. The molecule has 2 aromatic carbocycles. The Bertz CT molecular complexity index is 651. The molecule has 21 heavy (non-hydrogen) atoms. The summed E-state index contributed by atoms with van der Waals surface area (Å²) in [6.45, 7) is 2.01. The van der Waals surface area contributed by atoms with Gasteiger partial charge in [-0.3, -0.25) is 0 Å². The van der Waals surface area contributed by atoms with E-state index in [-0.39, 0.29) is 6.03 Å². The van der Waals surface area contributed by atoms with Crippen LogP contribution in [-0.2, 0) is 0 Å². The van der Waals surface area contributed by atoms with E-state index >= 15 is 0 Å². The molecule has 0 unspecified atom stereocenters. The highest BCUT2D eigenvalue weighted by Crippen LogP contribution is 2.29. The third-order valence-corrected chi connectivity index (χ3v) is 3.27. The van der Waals surface area contributed by atoms with Gasteiger partial charge < -0.3 is 15.4 Å². The van der Waals surface area contributed by atoms with E-state index in [1.165, 1.54) is 0 Å². The molecule has 108 valence electrons. The molecule has 0 bridgehead atoms. The summed E-state index contributed by atoms with van der Waals surface area (Å²) in [5.74, 6) is 1.39. The molecule has 0 aromatic heterocycles. The number of para-hydroxylation sites is 2. The first-order valence-electron chi connectivity index (χ1n) is 7.12. The molecule has 0 saturated heterocycles. The fraction of sp³-hybridized carbons (Fsp3) is 0.235. The van der Waals surface area contributed by atoms with Crippen LogP contribution in [0.25, 0.3) is 0 Å². The Labute approximate surface area is 124 Å². The van der Waals surface area contributed by atoms with Crippen LogP contribution in [0.4, 0.5) is 10.5 Å². The van der Waals surface area contributed by atoms with Crippen LogP contribution in [0, 0.1) is 6.92 Å². The second-order valence-electron chi connectivity index (χ2n) is 5.29. The lowest BCUT2D eigenvalue weighted by molar-refractivity contribution is 0.251. The van der Waals surface area contributed by atoms with Gasteiger partial charge in [0.15, 0.2) is 5.75 Å². The summed E-state index contributed by atoms with van der Waals surface area (Å²) >= 11 is 0. The van der Waals surface area contributed by atoms with Crippen molar-refractivity contribution in [3.63, 3.8) is 0 Å². The van der Waals surface area contributed by atoms with Crippen molar-refractivity contribution in [1.29, 1.82) is 0 Å². The lowest BCUT2D eigenvalue weighted by Crippen LogP contribution is -2.30. The van der Waals surface area contributed by atoms with Crippen molar-refractivity contribution in [2.75, 3.05) is 5.32 Å². The van der Waals surface area contributed by atoms with Crippen LogP contribution in [-0.4, -0.2) is 12.1 Å². The molecule has 1 saturated carbocycles. The largest absolute Gasteiger partial charge is 0.455 e. The number of rotatable bonds is 4. The van der Waals surface area contributed by atoms with Crippen molar-refractivity contribution in [3.05, 3.63) is 54.1 Å². The summed E-state index contributed by atoms with van der Waals surface area (Å²) < 4.78 is 5.87. The number of hydrogen-bond donors (Lipinski definition) is 2. The molecule has 1 fully saturated rings. The van der Waals surface area contributed by atoms with E-state index in [0.717, 1.165) is 24.2 Å². The summed E-state index contributed by atoms with van der Waals surface area (Å²) in [6, 6.07) is 15.4. The van der Waals surface area contributed by atoms with E-state index in [0.29, 0.717) is 17.5 Å². The second kappa shape index (κ2) is 5.87. The number of hydrogen-bond acceptors (Lipinski definition) is 2. The van der Waals surface area contributed by atoms with Crippen molar-refractivity contribution in [1.82, 2.24) is 5.32 Å². The van der Waals surface area contributed by atoms with Gasteiger partial charge in [0, 0.05) is 6.04 Å². The lowest BCUT2D eigenvalue weighted by Gasteiger charge is -2.13. The number of aryl methyl sites for hydroxylation is 1. The van der Waals surface area contributed by atoms with Gasteiger partial charge in [0.25, 0.3) is 0 Å². The quantitative estimate of drug-likeness (QED) is 0.888. The van der Waals surface area contributed by atoms with Crippen molar-refractivity contribution in [2.45, 2.75) is 25.8 Å². The Morgan fingerprint density at radius 3 is 2.71 bits per heavy atom. The standard InChI is InChI=1S/C17H18N2O2/c1-12-5-4-6-14(11-12)21-16-8-3-2-7-15(16)19-17(20)18-13-9-10-13/h2-8,11,13H,9-10H2,1H3,(H2,18,19,20). The molecule has 0 spiro atoms. The number of benzene rings is 2. The van der Waals surface area contributed by atoms with E-state index in [2.05, 4.69) is 10.6 Å². The summed E-state index contributed by atoms with van der Waals surface area (Å²) in [6.07, 6.45) is 2.13. The molecule has 0 radical (unpaired) electrons. The maximum atomic E-state index is 11.8. The fourth-order valence-electron chi connectivity index (χ4n) is 2.04. The molecular formula is C17H18N2O2. The maximum absolute atomic E-state index is 11.8. The first kappa shape index (κ1) is 13.5. The van der Waals surface area contributed by atoms with Gasteiger partial charge in [-0.2, -0.15) is 0 Å². The van der Waals surface area contributed by atoms with Gasteiger partial charge in [-0.15, -0.1) is 0 Å². The Hall–Kier alpha value is -2.49. The van der Waals surface area contributed by atoms with E-state index in [1.807, 2.05) is 55.5 Å². The van der Waals surface area contributed by atoms with Crippen molar-refractivity contribution in [2.24, 2.45) is 0 Å². The lowest BCUT2D eigenvalue weighted by atomic mass is 10.2. The Balaban J connectivity index is 1.73. The van der Waals surface area contributed by atoms with E-state index in [1.54, 1.807) is 0 Å². The molecule has 2 aromatic rings. The summed E-state index contributed by atoms with van der Waals surface area (Å²) in [7, 11) is 0. The highest BCUT2D eigenvalue weighted by atomic mass is 16.5. The molecule has 3 rings (SSSR count). The third kappa shape index (κ3) is 3.75. The molecule has 2 amide bonds. The zero-order valence-electron chi connectivity index (χ0n) is 11.9. The van der Waals surface area contributed by atoms with Gasteiger partial charge in [-0.1, -0.05) is 24.3 Å². The molecule has 2 N–H and O–H groups in total. The number of anilines is 1. The molecular weight excluding hydrogens is 264 g/mol. The number of nitrogens with one attached hydrogen (secondary N) is 2. The van der Waals surface area contributed by atoms with Crippen LogP contribution < -0.4 is 15.4 Å². The molecule has 4 nitrogen and oxygen atoms in total. The zero-order valence-corrected chi connectivity index (χ0v) is 11.9. The van der Waals surface area contributed by atoms with Crippen LogP contribution in [0.2, 0.25) is 0 Å². The number of carbonyl (C=O) groups excluding carboxylic acids is 1. The van der Waals surface area contributed by atoms with Gasteiger partial charge in [-0.05, 0) is 49.6 Å². The first-order valence-corrected chi connectivity index (χ1v) is 7.12. The maximum Gasteiger partial charge on any atom is 0.319 e. The monoisotopic (exact) mass is 282 g/mol. The summed E-state index contributed by atoms with van der Waals surface area (Å²) in [5, 5.41) is 5.74. The summed E-state index contributed by atoms with van der Waals surface area (Å²) in [4.78, 5) is 11.8. The fourth-order valence-corrected chi connectivity index (χ4v) is 2.04. The van der Waals surface area contributed by atoms with E-state index in [9.17, 15) is 4.79 Å². The van der Waals surface area contributed by atoms with Crippen molar-refractivity contribution >= 4 is 11.7 Å². The third-order valence-electron chi connectivity index (χ3n) is 3.27. The van der Waals surface area contributed by atoms with E-state index < -0.39 is 0 Å². The highest BCUT2D eigenvalue weighted by Gasteiger charge is 2.23. The van der Waals surface area contributed by atoms with Gasteiger partial charge in [0.1, 0.15) is 5.75 Å². The van der Waals surface area contributed by atoms with Crippen molar-refractivity contribution in [3.8, 4) is 11.5 Å². The topological polar surface area (TPSA) is 50.4 Å². The molecule has 0 aliphatic heterocycles. The first-order chi connectivity index (χ1) is 10.2. The average Bonchev–Trinajstić information content (AvgIpc) is 3.25. The van der Waals surface area contributed by atoms with Gasteiger partial charge in [-0.25, -0.2) is 4.79 Å². The van der Waals surface area contributed by atoms with Crippen molar-refractivity contribution < 1.29 is 9.53 Å². The molecule has 1 aliphatic rings. The SMILES string of the molecule is Cc1cccc(Oc2ccccc2NC(=O)NC2CC2)c1. The van der Waals surface area contributed by atoms with Gasteiger partial charge in [0.2, 0.25) is 0 Å². The zero-order chi connectivity index (χ0) is 14.7. The molecule has 0 heterocycles. The average molecular weight is 282 g/mol. The number of urea groups is 1. The number of ether oxygens (including phenoxy) is 1. The van der Waals surface area contributed by atoms with Gasteiger partial charge >= 0.3 is 6.03 Å². The van der Waals surface area contributed by atoms with Crippen LogP contribution in [0.5, 0.6) is 11.5 Å².